The van der Waals surface area contributed by atoms with Crippen LogP contribution in [0.5, 0.6) is 11.5 Å². The van der Waals surface area contributed by atoms with Crippen molar-refractivity contribution in [1.82, 2.24) is 0 Å². The van der Waals surface area contributed by atoms with Crippen molar-refractivity contribution in [3.63, 3.8) is 0 Å². The van der Waals surface area contributed by atoms with Crippen LogP contribution >= 0.6 is 0 Å². The fourth-order valence-corrected chi connectivity index (χ4v) is 4.66. The maximum absolute atomic E-state index is 13.1. The third-order valence-corrected chi connectivity index (χ3v) is 6.69. The summed E-state index contributed by atoms with van der Waals surface area (Å²) in [4.78, 5) is 26.3. The highest BCUT2D eigenvalue weighted by molar-refractivity contribution is 6.09. The molecule has 0 saturated carbocycles. The first kappa shape index (κ1) is 28.8. The number of aromatic hydroxyl groups is 2. The number of hydrogen-bond acceptors (Lipinski definition) is 4. The Kier molecular flexibility index (Phi) is 11.2. The van der Waals surface area contributed by atoms with Crippen LogP contribution in [-0.2, 0) is 12.8 Å². The van der Waals surface area contributed by atoms with Gasteiger partial charge in [-0.15, -0.1) is 0 Å². The highest BCUT2D eigenvalue weighted by Gasteiger charge is 2.18. The highest BCUT2D eigenvalue weighted by Crippen LogP contribution is 2.27. The van der Waals surface area contributed by atoms with E-state index >= 15 is 0 Å². The van der Waals surface area contributed by atoms with Crippen LogP contribution in [0.4, 0.5) is 11.4 Å². The molecule has 3 aromatic carbocycles. The summed E-state index contributed by atoms with van der Waals surface area (Å²) in [5, 5.41) is 26.6. The fraction of sp³-hybridized carbons (Fsp3) is 0.375. The van der Waals surface area contributed by atoms with Gasteiger partial charge in [0, 0.05) is 11.4 Å². The Labute approximate surface area is 226 Å². The smallest absolute Gasteiger partial charge is 0.259 e. The van der Waals surface area contributed by atoms with Crippen molar-refractivity contribution >= 4 is 23.2 Å². The maximum atomic E-state index is 13.1. The van der Waals surface area contributed by atoms with Crippen molar-refractivity contribution in [3.8, 4) is 11.5 Å². The van der Waals surface area contributed by atoms with Crippen LogP contribution in [0.25, 0.3) is 0 Å². The second-order valence-electron chi connectivity index (χ2n) is 9.73. The first-order chi connectivity index (χ1) is 18.4. The van der Waals surface area contributed by atoms with Gasteiger partial charge in [0.25, 0.3) is 11.8 Å². The number of anilines is 2. The number of hydrogen-bond donors (Lipinski definition) is 4. The van der Waals surface area contributed by atoms with E-state index in [-0.39, 0.29) is 22.6 Å². The number of phenols is 2. The van der Waals surface area contributed by atoms with Crippen molar-refractivity contribution < 1.29 is 19.8 Å². The van der Waals surface area contributed by atoms with Crippen molar-refractivity contribution in [1.29, 1.82) is 0 Å². The van der Waals surface area contributed by atoms with E-state index in [9.17, 15) is 19.8 Å². The predicted molar refractivity (Wildman–Crippen MR) is 154 cm³/mol. The van der Waals surface area contributed by atoms with E-state index in [1.165, 1.54) is 12.1 Å². The van der Waals surface area contributed by atoms with E-state index in [1.807, 2.05) is 12.1 Å². The lowest BCUT2D eigenvalue weighted by molar-refractivity contribution is 0.101. The molecule has 6 nitrogen and oxygen atoms in total. The monoisotopic (exact) mass is 516 g/mol. The Balaban J connectivity index is 1.72. The number of rotatable bonds is 14. The molecule has 3 rings (SSSR count). The van der Waals surface area contributed by atoms with Gasteiger partial charge in [0.05, 0.1) is 11.1 Å². The SMILES string of the molecule is CCCCCCc1cccc(O)c1C(=O)Nc1cccc(NC(=O)c2c(O)cccc2CCCCCC)c1. The summed E-state index contributed by atoms with van der Waals surface area (Å²) in [6.45, 7) is 4.31. The van der Waals surface area contributed by atoms with Gasteiger partial charge in [0.2, 0.25) is 0 Å². The van der Waals surface area contributed by atoms with Crippen LogP contribution in [0.3, 0.4) is 0 Å². The molecule has 3 aromatic rings. The third kappa shape index (κ3) is 8.10. The molecular formula is C32H40N2O4. The van der Waals surface area contributed by atoms with Crippen LogP contribution in [0, 0.1) is 0 Å². The Morgan fingerprint density at radius 3 is 1.45 bits per heavy atom. The van der Waals surface area contributed by atoms with E-state index in [2.05, 4.69) is 24.5 Å². The molecule has 0 fully saturated rings. The standard InChI is InChI=1S/C32H40N2O4/c1-3-5-7-9-14-23-16-11-20-27(35)29(23)31(37)33-25-18-13-19-26(22-25)34-32(38)30-24(15-10-8-6-4-2)17-12-21-28(30)36/h11-13,16-22,35-36H,3-10,14-15H2,1-2H3,(H,33,37)(H,34,38). The molecule has 0 atom stereocenters. The molecule has 0 aliphatic rings. The number of phenolic OH excluding ortho intramolecular Hbond substituents is 2. The summed E-state index contributed by atoms with van der Waals surface area (Å²) >= 11 is 0. The third-order valence-electron chi connectivity index (χ3n) is 6.69. The minimum atomic E-state index is -0.396. The zero-order valence-corrected chi connectivity index (χ0v) is 22.6. The minimum Gasteiger partial charge on any atom is -0.507 e. The summed E-state index contributed by atoms with van der Waals surface area (Å²) in [5.74, 6) is -0.892. The maximum Gasteiger partial charge on any atom is 0.259 e. The van der Waals surface area contributed by atoms with Crippen molar-refractivity contribution in [2.75, 3.05) is 10.6 Å². The summed E-state index contributed by atoms with van der Waals surface area (Å²) < 4.78 is 0. The number of amides is 2. The summed E-state index contributed by atoms with van der Waals surface area (Å²) in [6.07, 6.45) is 10.0. The zero-order chi connectivity index (χ0) is 27.3. The fourth-order valence-electron chi connectivity index (χ4n) is 4.66. The summed E-state index contributed by atoms with van der Waals surface area (Å²) in [5.41, 5.74) is 3.17. The molecule has 202 valence electrons. The highest BCUT2D eigenvalue weighted by atomic mass is 16.3. The van der Waals surface area contributed by atoms with E-state index in [1.54, 1.807) is 36.4 Å². The van der Waals surface area contributed by atoms with Gasteiger partial charge in [-0.3, -0.25) is 9.59 Å². The van der Waals surface area contributed by atoms with Crippen molar-refractivity contribution in [2.45, 2.75) is 78.1 Å². The average Bonchev–Trinajstić information content (AvgIpc) is 2.89. The van der Waals surface area contributed by atoms with E-state index in [0.717, 1.165) is 62.5 Å². The Morgan fingerprint density at radius 2 is 1.03 bits per heavy atom. The molecule has 0 bridgehead atoms. The molecule has 0 aromatic heterocycles. The van der Waals surface area contributed by atoms with Gasteiger partial charge in [-0.1, -0.05) is 82.7 Å². The number of carbonyl (C=O) groups excluding carboxylic acids is 2. The molecule has 38 heavy (non-hydrogen) atoms. The van der Waals surface area contributed by atoms with Gasteiger partial charge < -0.3 is 20.8 Å². The second kappa shape index (κ2) is 14.8. The first-order valence-corrected chi connectivity index (χ1v) is 13.8. The Bertz CT molecular complexity index is 1130. The van der Waals surface area contributed by atoms with Gasteiger partial charge in [-0.2, -0.15) is 0 Å². The molecule has 0 unspecified atom stereocenters. The number of aryl methyl sites for hydroxylation is 2. The molecule has 0 heterocycles. The summed E-state index contributed by atoms with van der Waals surface area (Å²) in [7, 11) is 0. The second-order valence-corrected chi connectivity index (χ2v) is 9.73. The van der Waals surface area contributed by atoms with Gasteiger partial charge in [-0.05, 0) is 67.1 Å². The van der Waals surface area contributed by atoms with Gasteiger partial charge in [-0.25, -0.2) is 0 Å². The minimum absolute atomic E-state index is 0.0500. The summed E-state index contributed by atoms with van der Waals surface area (Å²) in [6, 6.07) is 17.2. The number of carbonyl (C=O) groups is 2. The lowest BCUT2D eigenvalue weighted by atomic mass is 9.99. The molecule has 2 amide bonds. The molecule has 0 saturated heterocycles. The predicted octanol–water partition coefficient (Wildman–Crippen LogP) is 7.85. The largest absolute Gasteiger partial charge is 0.507 e. The quantitative estimate of drug-likeness (QED) is 0.164. The lowest BCUT2D eigenvalue weighted by Gasteiger charge is -2.14. The average molecular weight is 517 g/mol. The number of benzene rings is 3. The normalized spacial score (nSPS) is 10.8. The Morgan fingerprint density at radius 1 is 0.605 bits per heavy atom. The number of nitrogens with one attached hydrogen (secondary N) is 2. The molecule has 4 N–H and O–H groups in total. The zero-order valence-electron chi connectivity index (χ0n) is 22.6. The molecule has 0 aliphatic carbocycles. The first-order valence-electron chi connectivity index (χ1n) is 13.8. The molecule has 0 aliphatic heterocycles. The Hall–Kier alpha value is -3.80. The van der Waals surface area contributed by atoms with Gasteiger partial charge in [0.1, 0.15) is 11.5 Å². The van der Waals surface area contributed by atoms with Crippen LogP contribution < -0.4 is 10.6 Å². The van der Waals surface area contributed by atoms with E-state index in [4.69, 9.17) is 0 Å². The number of unbranched alkanes of at least 4 members (excludes halogenated alkanes) is 6. The topological polar surface area (TPSA) is 98.7 Å². The van der Waals surface area contributed by atoms with Crippen LogP contribution in [-0.4, -0.2) is 22.0 Å². The molecular weight excluding hydrogens is 476 g/mol. The van der Waals surface area contributed by atoms with E-state index < -0.39 is 11.8 Å². The van der Waals surface area contributed by atoms with Crippen LogP contribution in [0.1, 0.15) is 97.1 Å². The van der Waals surface area contributed by atoms with Crippen molar-refractivity contribution in [3.05, 3.63) is 82.9 Å². The van der Waals surface area contributed by atoms with Crippen LogP contribution in [0.2, 0.25) is 0 Å². The van der Waals surface area contributed by atoms with Gasteiger partial charge in [0.15, 0.2) is 0 Å². The van der Waals surface area contributed by atoms with Crippen molar-refractivity contribution in [2.24, 2.45) is 0 Å². The lowest BCUT2D eigenvalue weighted by Crippen LogP contribution is -2.16. The van der Waals surface area contributed by atoms with Crippen LogP contribution in [0.15, 0.2) is 60.7 Å². The van der Waals surface area contributed by atoms with E-state index in [0.29, 0.717) is 24.2 Å². The van der Waals surface area contributed by atoms with Gasteiger partial charge >= 0.3 is 0 Å². The molecule has 6 heteroatoms. The molecule has 0 radical (unpaired) electrons. The molecule has 0 spiro atoms.